The van der Waals surface area contributed by atoms with Crippen molar-refractivity contribution in [2.24, 2.45) is 0 Å². The summed E-state index contributed by atoms with van der Waals surface area (Å²) in [4.78, 5) is 23.0. The number of anilines is 2. The monoisotopic (exact) mass is 365 g/mol. The number of hydrogen-bond acceptors (Lipinski definition) is 7. The van der Waals surface area contributed by atoms with Crippen LogP contribution in [0.15, 0.2) is 36.7 Å². The highest BCUT2D eigenvalue weighted by atomic mass is 16.7. The second-order valence-electron chi connectivity index (χ2n) is 6.50. The lowest BCUT2D eigenvalue weighted by molar-refractivity contribution is -0.169. The molecule has 0 aliphatic carbocycles. The van der Waals surface area contributed by atoms with Gasteiger partial charge >= 0.3 is 0 Å². The van der Waals surface area contributed by atoms with Gasteiger partial charge < -0.3 is 19.7 Å². The van der Waals surface area contributed by atoms with E-state index in [1.807, 2.05) is 6.07 Å². The van der Waals surface area contributed by atoms with Crippen molar-refractivity contribution < 1.29 is 14.3 Å². The standard InChI is InChI=1S/C19H19N5O3/c20-12-14-1-3-15(4-2-14)23-18(25)16-11-17(22-13-21-16)24-7-5-19(6-8-24)26-9-10-27-19/h1-4,11,13H,5-10H2,(H,23,25). The Morgan fingerprint density at radius 3 is 2.52 bits per heavy atom. The van der Waals surface area contributed by atoms with Crippen LogP contribution in [0.2, 0.25) is 0 Å². The van der Waals surface area contributed by atoms with Gasteiger partial charge in [0.05, 0.1) is 24.8 Å². The molecule has 1 aromatic carbocycles. The molecule has 4 rings (SSSR count). The molecule has 0 bridgehead atoms. The SMILES string of the molecule is N#Cc1ccc(NC(=O)c2cc(N3CCC4(CC3)OCCO4)ncn2)cc1. The second-order valence-corrected chi connectivity index (χ2v) is 6.50. The first-order chi connectivity index (χ1) is 13.2. The van der Waals surface area contributed by atoms with E-state index < -0.39 is 5.79 Å². The van der Waals surface area contributed by atoms with Gasteiger partial charge in [0.1, 0.15) is 17.8 Å². The number of nitriles is 1. The Bertz CT molecular complexity index is 862. The first kappa shape index (κ1) is 17.4. The fourth-order valence-electron chi connectivity index (χ4n) is 3.33. The molecule has 2 saturated heterocycles. The molecule has 2 aliphatic heterocycles. The zero-order chi connectivity index (χ0) is 18.7. The van der Waals surface area contributed by atoms with Crippen LogP contribution in [-0.4, -0.2) is 48.0 Å². The minimum atomic E-state index is -0.445. The molecule has 27 heavy (non-hydrogen) atoms. The number of nitrogens with one attached hydrogen (secondary N) is 1. The van der Waals surface area contributed by atoms with Crippen LogP contribution in [0, 0.1) is 11.3 Å². The van der Waals surface area contributed by atoms with Crippen LogP contribution in [0.1, 0.15) is 28.9 Å². The van der Waals surface area contributed by atoms with Crippen LogP contribution in [0.25, 0.3) is 0 Å². The fourth-order valence-corrected chi connectivity index (χ4v) is 3.33. The normalized spacial score (nSPS) is 18.3. The van der Waals surface area contributed by atoms with Gasteiger partial charge in [-0.25, -0.2) is 9.97 Å². The van der Waals surface area contributed by atoms with E-state index in [1.54, 1.807) is 30.3 Å². The number of rotatable bonds is 3. The molecule has 1 N–H and O–H groups in total. The summed E-state index contributed by atoms with van der Waals surface area (Å²) in [5, 5.41) is 11.6. The largest absolute Gasteiger partial charge is 0.356 e. The van der Waals surface area contributed by atoms with Crippen LogP contribution < -0.4 is 10.2 Å². The molecule has 0 saturated carbocycles. The van der Waals surface area contributed by atoms with Crippen molar-refractivity contribution in [1.82, 2.24) is 9.97 Å². The van der Waals surface area contributed by atoms with Gasteiger partial charge in [-0.15, -0.1) is 0 Å². The van der Waals surface area contributed by atoms with Crippen molar-refractivity contribution in [2.75, 3.05) is 36.5 Å². The van der Waals surface area contributed by atoms with Gasteiger partial charge in [-0.3, -0.25) is 4.79 Å². The predicted molar refractivity (Wildman–Crippen MR) is 97.2 cm³/mol. The zero-order valence-electron chi connectivity index (χ0n) is 14.7. The van der Waals surface area contributed by atoms with Crippen molar-refractivity contribution in [3.8, 4) is 6.07 Å². The van der Waals surface area contributed by atoms with Gasteiger partial charge in [-0.1, -0.05) is 0 Å². The highest BCUT2D eigenvalue weighted by Gasteiger charge is 2.40. The van der Waals surface area contributed by atoms with E-state index in [2.05, 4.69) is 20.2 Å². The Kier molecular flexibility index (Phi) is 4.71. The molecule has 138 valence electrons. The summed E-state index contributed by atoms with van der Waals surface area (Å²) in [5.41, 5.74) is 1.43. The van der Waals surface area contributed by atoms with Crippen LogP contribution in [0.3, 0.4) is 0 Å². The lowest BCUT2D eigenvalue weighted by atomic mass is 10.0. The van der Waals surface area contributed by atoms with Crippen LogP contribution in [0.5, 0.6) is 0 Å². The Morgan fingerprint density at radius 1 is 1.15 bits per heavy atom. The third-order valence-electron chi connectivity index (χ3n) is 4.82. The smallest absolute Gasteiger partial charge is 0.274 e. The quantitative estimate of drug-likeness (QED) is 0.887. The van der Waals surface area contributed by atoms with Gasteiger partial charge in [0.2, 0.25) is 0 Å². The molecule has 8 heteroatoms. The van der Waals surface area contributed by atoms with Crippen LogP contribution in [0.4, 0.5) is 11.5 Å². The number of aromatic nitrogens is 2. The lowest BCUT2D eigenvalue weighted by Crippen LogP contribution is -2.45. The molecule has 0 atom stereocenters. The van der Waals surface area contributed by atoms with E-state index in [-0.39, 0.29) is 11.6 Å². The van der Waals surface area contributed by atoms with Crippen molar-refractivity contribution in [3.63, 3.8) is 0 Å². The average Bonchev–Trinajstić information content (AvgIpc) is 3.17. The Balaban J connectivity index is 1.42. The fraction of sp³-hybridized carbons (Fsp3) is 0.368. The predicted octanol–water partition coefficient (Wildman–Crippen LogP) is 1.94. The summed E-state index contributed by atoms with van der Waals surface area (Å²) in [7, 11) is 0. The topological polar surface area (TPSA) is 100 Å². The molecule has 8 nitrogen and oxygen atoms in total. The second kappa shape index (κ2) is 7.31. The maximum Gasteiger partial charge on any atom is 0.274 e. The van der Waals surface area contributed by atoms with E-state index in [4.69, 9.17) is 14.7 Å². The summed E-state index contributed by atoms with van der Waals surface area (Å²) >= 11 is 0. The summed E-state index contributed by atoms with van der Waals surface area (Å²) < 4.78 is 11.5. The maximum atomic E-state index is 12.5. The van der Waals surface area contributed by atoms with Gasteiger partial charge in [0.25, 0.3) is 5.91 Å². The molecule has 1 amide bonds. The number of carbonyl (C=O) groups is 1. The first-order valence-electron chi connectivity index (χ1n) is 8.84. The van der Waals surface area contributed by atoms with E-state index in [0.717, 1.165) is 25.9 Å². The Morgan fingerprint density at radius 2 is 1.85 bits per heavy atom. The van der Waals surface area contributed by atoms with Gasteiger partial charge in [-0.2, -0.15) is 5.26 Å². The number of benzene rings is 1. The summed E-state index contributed by atoms with van der Waals surface area (Å²) in [6.45, 7) is 2.78. The van der Waals surface area contributed by atoms with E-state index in [0.29, 0.717) is 30.3 Å². The first-order valence-corrected chi connectivity index (χ1v) is 8.84. The Labute approximate surface area is 156 Å². The van der Waals surface area contributed by atoms with Crippen molar-refractivity contribution in [3.05, 3.63) is 47.9 Å². The molecular formula is C19H19N5O3. The summed E-state index contributed by atoms with van der Waals surface area (Å²) in [5.74, 6) is -0.0543. The minimum Gasteiger partial charge on any atom is -0.356 e. The van der Waals surface area contributed by atoms with Gasteiger partial charge in [0.15, 0.2) is 5.79 Å². The van der Waals surface area contributed by atoms with Crippen LogP contribution >= 0.6 is 0 Å². The van der Waals surface area contributed by atoms with Crippen molar-refractivity contribution >= 4 is 17.4 Å². The van der Waals surface area contributed by atoms with E-state index in [1.165, 1.54) is 6.33 Å². The molecular weight excluding hydrogens is 346 g/mol. The number of piperidine rings is 1. The molecule has 2 aliphatic rings. The third-order valence-corrected chi connectivity index (χ3v) is 4.82. The summed E-state index contributed by atoms with van der Waals surface area (Å²) in [6.07, 6.45) is 2.93. The molecule has 0 radical (unpaired) electrons. The maximum absolute atomic E-state index is 12.5. The molecule has 2 aromatic rings. The lowest BCUT2D eigenvalue weighted by Gasteiger charge is -2.38. The molecule has 1 spiro atoms. The number of amides is 1. The number of hydrogen-bond donors (Lipinski definition) is 1. The van der Waals surface area contributed by atoms with Gasteiger partial charge in [0, 0.05) is 37.7 Å². The van der Waals surface area contributed by atoms with Crippen molar-refractivity contribution in [1.29, 1.82) is 5.26 Å². The van der Waals surface area contributed by atoms with E-state index in [9.17, 15) is 4.79 Å². The van der Waals surface area contributed by atoms with Crippen molar-refractivity contribution in [2.45, 2.75) is 18.6 Å². The number of nitrogens with zero attached hydrogens (tertiary/aromatic N) is 4. The molecule has 1 aromatic heterocycles. The molecule has 2 fully saturated rings. The average molecular weight is 365 g/mol. The molecule has 0 unspecified atom stereocenters. The van der Waals surface area contributed by atoms with E-state index >= 15 is 0 Å². The summed E-state index contributed by atoms with van der Waals surface area (Å²) in [6, 6.07) is 10.4. The zero-order valence-corrected chi connectivity index (χ0v) is 14.7. The highest BCUT2D eigenvalue weighted by Crippen LogP contribution is 2.32. The minimum absolute atomic E-state index is 0.290. The highest BCUT2D eigenvalue weighted by molar-refractivity contribution is 6.03. The number of carbonyl (C=O) groups excluding carboxylic acids is 1. The Hall–Kier alpha value is -3.02. The third kappa shape index (κ3) is 3.74. The van der Waals surface area contributed by atoms with Crippen LogP contribution in [-0.2, 0) is 9.47 Å². The van der Waals surface area contributed by atoms with Gasteiger partial charge in [-0.05, 0) is 24.3 Å². The number of ether oxygens (including phenoxy) is 2. The molecule has 3 heterocycles.